The largest absolute Gasteiger partial charge is 0.389 e. The van der Waals surface area contributed by atoms with Gasteiger partial charge in [0.15, 0.2) is 0 Å². The molecule has 10 heteroatoms. The lowest BCUT2D eigenvalue weighted by Gasteiger charge is -2.27. The minimum absolute atomic E-state index is 0.0486. The molecule has 0 radical (unpaired) electrons. The molecule has 0 aliphatic heterocycles. The summed E-state index contributed by atoms with van der Waals surface area (Å²) in [6.45, 7) is 8.61. The normalized spacial score (nSPS) is 15.1. The van der Waals surface area contributed by atoms with Crippen LogP contribution in [-0.2, 0) is 0 Å². The van der Waals surface area contributed by atoms with Gasteiger partial charge in [-0.15, -0.1) is 0 Å². The first-order valence-electron chi connectivity index (χ1n) is 16.0. The van der Waals surface area contributed by atoms with E-state index in [9.17, 15) is 26.3 Å². The Morgan fingerprint density at radius 1 is 0.702 bits per heavy atom. The standard InChI is InChI=1S/C37H40ClF6N3/c1-4-45-34-20-19-31(29-11-7-8-12-30(29)34)35(26-13-15-27(16-14-26)46(5-2)6-3)32-18-17-28(25-33(32)38)47(23-9-21-36(39,40)41)24-10-22-37(42,43)44/h7-8,11-20,25H,4-6,9-10,21-24H2,1-3H3/p+1/b35-31-,45-34?. The van der Waals surface area contributed by atoms with Gasteiger partial charge in [0.2, 0.25) is 5.71 Å². The highest BCUT2D eigenvalue weighted by molar-refractivity contribution is 6.33. The second-order valence-corrected chi connectivity index (χ2v) is 11.8. The predicted octanol–water partition coefficient (Wildman–Crippen LogP) is 9.10. The third kappa shape index (κ3) is 9.66. The fourth-order valence-electron chi connectivity index (χ4n) is 5.96. The lowest BCUT2D eigenvalue weighted by atomic mass is 9.83. The number of benzene rings is 3. The molecule has 0 amide bonds. The van der Waals surface area contributed by atoms with Crippen LogP contribution in [0, 0.1) is 0 Å². The third-order valence-corrected chi connectivity index (χ3v) is 8.52. The molecule has 1 N–H and O–H groups in total. The van der Waals surface area contributed by atoms with Crippen LogP contribution in [0.5, 0.6) is 0 Å². The van der Waals surface area contributed by atoms with Crippen molar-refractivity contribution in [3.63, 3.8) is 0 Å². The number of alkyl halides is 6. The van der Waals surface area contributed by atoms with Crippen molar-refractivity contribution >= 4 is 39.8 Å². The quantitative estimate of drug-likeness (QED) is 0.182. The Labute approximate surface area is 278 Å². The van der Waals surface area contributed by atoms with Crippen LogP contribution in [0.15, 0.2) is 78.9 Å². The molecule has 0 saturated carbocycles. The Morgan fingerprint density at radius 2 is 1.28 bits per heavy atom. The molecule has 3 nitrogen and oxygen atoms in total. The van der Waals surface area contributed by atoms with Gasteiger partial charge in [-0.3, -0.25) is 0 Å². The lowest BCUT2D eigenvalue weighted by molar-refractivity contribution is -0.450. The molecule has 1 aliphatic rings. The fraction of sp³-hybridized carbons (Fsp3) is 0.378. The van der Waals surface area contributed by atoms with E-state index in [2.05, 4.69) is 66.2 Å². The number of nitrogens with one attached hydrogen (secondary N) is 1. The van der Waals surface area contributed by atoms with Gasteiger partial charge in [0, 0.05) is 62.0 Å². The Bertz CT molecular complexity index is 1560. The van der Waals surface area contributed by atoms with Crippen molar-refractivity contribution < 1.29 is 31.3 Å². The number of hydrogen-bond acceptors (Lipinski definition) is 2. The summed E-state index contributed by atoms with van der Waals surface area (Å²) < 4.78 is 77.6. The number of anilines is 2. The molecule has 0 bridgehead atoms. The molecule has 4 rings (SSSR count). The zero-order valence-electron chi connectivity index (χ0n) is 26.9. The van der Waals surface area contributed by atoms with Gasteiger partial charge in [0.05, 0.1) is 10.6 Å². The van der Waals surface area contributed by atoms with E-state index < -0.39 is 25.2 Å². The highest BCUT2D eigenvalue weighted by atomic mass is 35.5. The summed E-state index contributed by atoms with van der Waals surface area (Å²) in [5.74, 6) is 0. The summed E-state index contributed by atoms with van der Waals surface area (Å²) in [4.78, 5) is 7.23. The maximum atomic E-state index is 12.9. The van der Waals surface area contributed by atoms with E-state index in [1.54, 1.807) is 17.0 Å². The SMILES string of the molecule is CC[NH+]=C1C=C/C(=C(\c2ccc(N(CC)CC)cc2)c2ccc(N(CCCC(F)(F)F)CCCC(F)(F)F)cc2Cl)c2ccccc21. The van der Waals surface area contributed by atoms with E-state index in [4.69, 9.17) is 11.6 Å². The molecule has 0 atom stereocenters. The minimum Gasteiger partial charge on any atom is -0.372 e. The molecule has 252 valence electrons. The van der Waals surface area contributed by atoms with Crippen molar-refractivity contribution in [3.05, 3.63) is 106 Å². The highest BCUT2D eigenvalue weighted by Gasteiger charge is 2.29. The maximum absolute atomic E-state index is 12.9. The summed E-state index contributed by atoms with van der Waals surface area (Å²) in [7, 11) is 0. The molecule has 3 aromatic rings. The van der Waals surface area contributed by atoms with Crippen molar-refractivity contribution in [2.75, 3.05) is 42.5 Å². The molecule has 0 fully saturated rings. The third-order valence-electron chi connectivity index (χ3n) is 8.21. The molecular formula is C37H41ClF6N3+. The van der Waals surface area contributed by atoms with E-state index in [1.165, 1.54) is 0 Å². The average molecular weight is 677 g/mol. The van der Waals surface area contributed by atoms with Crippen LogP contribution in [0.2, 0.25) is 5.02 Å². The first kappa shape index (κ1) is 36.1. The lowest BCUT2D eigenvalue weighted by Crippen LogP contribution is -2.72. The van der Waals surface area contributed by atoms with Crippen molar-refractivity contribution in [3.8, 4) is 0 Å². The number of fused-ring (bicyclic) bond motifs is 1. The monoisotopic (exact) mass is 676 g/mol. The van der Waals surface area contributed by atoms with E-state index in [0.717, 1.165) is 58.9 Å². The number of nitrogens with zero attached hydrogens (tertiary/aromatic N) is 2. The van der Waals surface area contributed by atoms with Gasteiger partial charge in [0.25, 0.3) is 0 Å². The molecule has 0 heterocycles. The second-order valence-electron chi connectivity index (χ2n) is 11.4. The van der Waals surface area contributed by atoms with E-state index in [-0.39, 0.29) is 25.9 Å². The molecule has 0 aromatic heterocycles. The second kappa shape index (κ2) is 15.9. The van der Waals surface area contributed by atoms with Crippen LogP contribution >= 0.6 is 11.6 Å². The highest BCUT2D eigenvalue weighted by Crippen LogP contribution is 2.41. The first-order valence-corrected chi connectivity index (χ1v) is 16.4. The van der Waals surface area contributed by atoms with E-state index in [1.807, 2.05) is 31.2 Å². The van der Waals surface area contributed by atoms with Gasteiger partial charge in [-0.25, -0.2) is 4.99 Å². The molecule has 0 saturated heterocycles. The zero-order chi connectivity index (χ0) is 34.2. The van der Waals surface area contributed by atoms with Gasteiger partial charge in [0.1, 0.15) is 6.54 Å². The average Bonchev–Trinajstić information content (AvgIpc) is 3.02. The summed E-state index contributed by atoms with van der Waals surface area (Å²) in [5.41, 5.74) is 8.05. The number of hydrogen-bond donors (Lipinski definition) is 1. The van der Waals surface area contributed by atoms with Gasteiger partial charge in [-0.1, -0.05) is 48.0 Å². The first-order chi connectivity index (χ1) is 22.3. The molecule has 0 spiro atoms. The number of halogens is 7. The Balaban J connectivity index is 1.83. The summed E-state index contributed by atoms with van der Waals surface area (Å²) >= 11 is 7.01. The van der Waals surface area contributed by atoms with Gasteiger partial charge >= 0.3 is 12.4 Å². The maximum Gasteiger partial charge on any atom is 0.389 e. The molecular weight excluding hydrogens is 636 g/mol. The summed E-state index contributed by atoms with van der Waals surface area (Å²) in [6.07, 6.45) is -7.14. The molecule has 1 aliphatic carbocycles. The van der Waals surface area contributed by atoms with Crippen molar-refractivity contribution in [1.29, 1.82) is 0 Å². The zero-order valence-corrected chi connectivity index (χ0v) is 27.7. The van der Waals surface area contributed by atoms with Crippen molar-refractivity contribution in [2.45, 2.75) is 58.8 Å². The van der Waals surface area contributed by atoms with Crippen molar-refractivity contribution in [2.24, 2.45) is 0 Å². The van der Waals surface area contributed by atoms with Gasteiger partial charge in [-0.2, -0.15) is 26.3 Å². The van der Waals surface area contributed by atoms with Crippen LogP contribution in [0.4, 0.5) is 37.7 Å². The van der Waals surface area contributed by atoms with E-state index in [0.29, 0.717) is 16.3 Å². The van der Waals surface area contributed by atoms with Crippen LogP contribution in [0.1, 0.15) is 68.7 Å². The molecule has 47 heavy (non-hydrogen) atoms. The van der Waals surface area contributed by atoms with Gasteiger partial charge < -0.3 is 9.80 Å². The topological polar surface area (TPSA) is 20.5 Å². The Hall–Kier alpha value is -3.72. The van der Waals surface area contributed by atoms with Crippen LogP contribution in [0.25, 0.3) is 11.1 Å². The predicted molar refractivity (Wildman–Crippen MR) is 181 cm³/mol. The van der Waals surface area contributed by atoms with Crippen LogP contribution < -0.4 is 14.8 Å². The minimum atomic E-state index is -4.35. The molecule has 0 unspecified atom stereocenters. The smallest absolute Gasteiger partial charge is 0.372 e. The van der Waals surface area contributed by atoms with Gasteiger partial charge in [-0.05, 0) is 92.3 Å². The number of rotatable bonds is 13. The van der Waals surface area contributed by atoms with Crippen LogP contribution in [-0.4, -0.2) is 50.8 Å². The Kier molecular flexibility index (Phi) is 12.2. The van der Waals surface area contributed by atoms with E-state index >= 15 is 0 Å². The van der Waals surface area contributed by atoms with Crippen molar-refractivity contribution in [1.82, 2.24) is 0 Å². The summed E-state index contributed by atoms with van der Waals surface area (Å²) in [6, 6.07) is 21.5. The summed E-state index contributed by atoms with van der Waals surface area (Å²) in [5, 5.41) is 0.349. The van der Waals surface area contributed by atoms with Crippen LogP contribution in [0.3, 0.4) is 0 Å². The fourth-order valence-corrected chi connectivity index (χ4v) is 6.23. The molecule has 3 aromatic carbocycles. The number of allylic oxidation sites excluding steroid dienone is 3. The Morgan fingerprint density at radius 3 is 1.81 bits per heavy atom.